The maximum absolute atomic E-state index is 15.0. The Morgan fingerprint density at radius 2 is 1.76 bits per heavy atom. The summed E-state index contributed by atoms with van der Waals surface area (Å²) in [5.74, 6) is -2.49. The third-order valence-corrected chi connectivity index (χ3v) is 13.4. The maximum Gasteiger partial charge on any atom is 0.412 e. The van der Waals surface area contributed by atoms with Gasteiger partial charge in [-0.25, -0.2) is 4.79 Å². The molecule has 7 unspecified atom stereocenters. The quantitative estimate of drug-likeness (QED) is 0.0212. The van der Waals surface area contributed by atoms with Crippen LogP contribution in [0.5, 0.6) is 11.5 Å². The Morgan fingerprint density at radius 1 is 0.971 bits per heavy atom. The Hall–Kier alpha value is -5.95. The van der Waals surface area contributed by atoms with E-state index < -0.39 is 46.9 Å². The fourth-order valence-corrected chi connectivity index (χ4v) is 10.3. The van der Waals surface area contributed by atoms with Gasteiger partial charge in [0.15, 0.2) is 0 Å². The zero-order valence-corrected chi connectivity index (χ0v) is 39.6. The molecule has 17 heteroatoms. The highest BCUT2D eigenvalue weighted by atomic mass is 16.8. The average molecular weight is 967 g/mol. The van der Waals surface area contributed by atoms with Crippen molar-refractivity contribution >= 4 is 29.5 Å². The molecule has 17 nitrogen and oxygen atoms in total. The van der Waals surface area contributed by atoms with E-state index in [2.05, 4.69) is 18.0 Å². The van der Waals surface area contributed by atoms with Crippen LogP contribution in [-0.4, -0.2) is 114 Å². The van der Waals surface area contributed by atoms with Crippen molar-refractivity contribution < 1.29 is 58.4 Å². The highest BCUT2D eigenvalue weighted by Crippen LogP contribution is 2.62. The molecule has 2 amide bonds. The number of ether oxygens (including phenoxy) is 5. The number of nitro benzene ring substituents is 1. The first kappa shape index (κ1) is 51.9. The second-order valence-electron chi connectivity index (χ2n) is 18.0. The van der Waals surface area contributed by atoms with Crippen LogP contribution in [-0.2, 0) is 30.4 Å². The van der Waals surface area contributed by atoms with Crippen LogP contribution in [0.15, 0.2) is 108 Å². The zero-order valence-electron chi connectivity index (χ0n) is 39.6. The molecule has 3 aromatic carbocycles. The number of rotatable bonds is 25. The number of aliphatic hydroxyl groups excluding tert-OH is 3. The van der Waals surface area contributed by atoms with E-state index in [9.17, 15) is 35.0 Å². The van der Waals surface area contributed by atoms with Gasteiger partial charge in [-0.15, -0.1) is 6.58 Å². The van der Waals surface area contributed by atoms with Crippen molar-refractivity contribution in [1.29, 1.82) is 0 Å². The molecule has 2 aliphatic carbocycles. The number of fused-ring (bicyclic) bond motifs is 2. The summed E-state index contributed by atoms with van der Waals surface area (Å²) in [4.78, 5) is 47.1. The molecule has 7 rings (SSSR count). The number of allylic oxidation sites excluding steroid dienone is 1. The van der Waals surface area contributed by atoms with Crippen molar-refractivity contribution in [3.05, 3.63) is 130 Å². The van der Waals surface area contributed by atoms with Gasteiger partial charge in [0.05, 0.1) is 49.6 Å². The molecule has 0 aromatic heterocycles. The number of hydrogen-bond donors (Lipinski definition) is 4. The minimum Gasteiger partial charge on any atom is -0.459 e. The fourth-order valence-electron chi connectivity index (χ4n) is 10.3. The first-order chi connectivity index (χ1) is 34.2. The lowest BCUT2D eigenvalue weighted by Gasteiger charge is -2.60. The van der Waals surface area contributed by atoms with Crippen molar-refractivity contribution in [2.75, 3.05) is 52.8 Å². The van der Waals surface area contributed by atoms with E-state index in [1.807, 2.05) is 36.4 Å². The second kappa shape index (κ2) is 25.8. The lowest BCUT2D eigenvalue weighted by Crippen LogP contribution is -2.70. The summed E-state index contributed by atoms with van der Waals surface area (Å²) >= 11 is 0. The molecule has 70 heavy (non-hydrogen) atoms. The number of oxime groups is 1. The number of non-ortho nitro benzene ring substituents is 1. The lowest BCUT2D eigenvalue weighted by molar-refractivity contribution is -0.384. The predicted octanol–water partition coefficient (Wildman–Crippen LogP) is 7.59. The molecule has 376 valence electrons. The van der Waals surface area contributed by atoms with E-state index in [0.29, 0.717) is 61.5 Å². The third-order valence-electron chi connectivity index (χ3n) is 13.4. The van der Waals surface area contributed by atoms with Crippen LogP contribution in [0.3, 0.4) is 0 Å². The van der Waals surface area contributed by atoms with Crippen LogP contribution in [0.4, 0.5) is 10.5 Å². The Bertz CT molecular complexity index is 2300. The molecule has 4 aliphatic rings. The number of carbonyl (C=O) groups is 2. The molecule has 2 aliphatic heterocycles. The largest absolute Gasteiger partial charge is 0.459 e. The monoisotopic (exact) mass is 966 g/mol. The maximum atomic E-state index is 15.0. The van der Waals surface area contributed by atoms with Gasteiger partial charge in [0.25, 0.3) is 5.69 Å². The van der Waals surface area contributed by atoms with Gasteiger partial charge in [0.1, 0.15) is 17.5 Å². The summed E-state index contributed by atoms with van der Waals surface area (Å²) in [5, 5.41) is 48.8. The van der Waals surface area contributed by atoms with E-state index in [4.69, 9.17) is 33.7 Å². The third kappa shape index (κ3) is 12.9. The molecule has 0 radical (unpaired) electrons. The van der Waals surface area contributed by atoms with Crippen molar-refractivity contribution in [2.45, 2.75) is 94.8 Å². The number of amides is 2. The molecular weight excluding hydrogens is 901 g/mol. The van der Waals surface area contributed by atoms with Crippen molar-refractivity contribution in [2.24, 2.45) is 22.9 Å². The number of hydrogen-bond acceptors (Lipinski definition) is 14. The number of benzene rings is 3. The summed E-state index contributed by atoms with van der Waals surface area (Å²) in [6, 6.07) is 19.7. The first-order valence-corrected chi connectivity index (χ1v) is 24.5. The number of carbonyl (C=O) groups excluding carboxylic acids is 2. The van der Waals surface area contributed by atoms with Gasteiger partial charge in [-0.05, 0) is 103 Å². The van der Waals surface area contributed by atoms with Crippen molar-refractivity contribution in [3.8, 4) is 11.5 Å². The summed E-state index contributed by atoms with van der Waals surface area (Å²) in [6.07, 6.45) is 12.2. The molecular formula is C53H66N4O13. The van der Waals surface area contributed by atoms with Crippen LogP contribution in [0.25, 0.3) is 6.08 Å². The van der Waals surface area contributed by atoms with Crippen molar-refractivity contribution in [1.82, 2.24) is 10.2 Å². The minimum atomic E-state index is -1.60. The zero-order chi connectivity index (χ0) is 49.3. The van der Waals surface area contributed by atoms with Crippen LogP contribution >= 0.6 is 0 Å². The standard InChI is InChI=1S/C53H66N4O13/c1-2-29-67-53-47(56(25-31-65-32-28-60)48(61)24-19-37-17-20-40(21-18-37)57(63)64)35-45(55-70-49-16-8-11-30-66-49)43-33-39(14-6-9-26-58)42(15-7-10-27-59)50(51(43)53)44-34-41(22-23-46(44)69-53)68-52(62)54-36-38-12-4-3-5-13-38/h2-5,12-13,17-24,33-34,39,42,47,49-51,58-60H,1,6-11,14-16,25-32,35-36H2,(H,54,62). The molecule has 0 spiro atoms. The highest BCUT2D eigenvalue weighted by molar-refractivity contribution is 6.03. The van der Waals surface area contributed by atoms with Gasteiger partial charge in [-0.3, -0.25) is 14.9 Å². The molecule has 0 bridgehead atoms. The van der Waals surface area contributed by atoms with Gasteiger partial charge in [0.2, 0.25) is 18.0 Å². The van der Waals surface area contributed by atoms with Crippen LogP contribution in [0.1, 0.15) is 86.8 Å². The topological polar surface area (TPSA) is 221 Å². The molecule has 7 atom stereocenters. The summed E-state index contributed by atoms with van der Waals surface area (Å²) < 4.78 is 32.1. The number of nitro groups is 1. The molecule has 1 saturated carbocycles. The van der Waals surface area contributed by atoms with Gasteiger partial charge in [-0.2, -0.15) is 0 Å². The van der Waals surface area contributed by atoms with Gasteiger partial charge >= 0.3 is 6.09 Å². The van der Waals surface area contributed by atoms with Gasteiger partial charge in [-0.1, -0.05) is 60.5 Å². The smallest absolute Gasteiger partial charge is 0.412 e. The Labute approximate surface area is 408 Å². The Balaban J connectivity index is 1.39. The van der Waals surface area contributed by atoms with Crippen molar-refractivity contribution in [3.63, 3.8) is 0 Å². The molecule has 2 fully saturated rings. The molecule has 4 N–H and O–H groups in total. The van der Waals surface area contributed by atoms with E-state index >= 15 is 0 Å². The lowest BCUT2D eigenvalue weighted by atomic mass is 9.55. The number of nitrogens with zero attached hydrogens (tertiary/aromatic N) is 3. The fraction of sp³-hybridized carbons (Fsp3) is 0.491. The SMILES string of the molecule is C=CCOC12Oc3ccc(OC(=O)NCc4ccccc4)cc3C3C(CCCCO)C(CCCCO)C=C(C(=NOC4CCCCO4)CC1N(CCOCCO)C(=O)C=Cc1ccc([N+](=O)[O-])cc1)C32. The van der Waals surface area contributed by atoms with E-state index in [1.165, 1.54) is 18.2 Å². The molecule has 3 aromatic rings. The van der Waals surface area contributed by atoms with Gasteiger partial charge < -0.3 is 54.1 Å². The number of nitrogens with one attached hydrogen (secondary N) is 1. The highest BCUT2D eigenvalue weighted by Gasteiger charge is 2.65. The average Bonchev–Trinajstić information content (AvgIpc) is 3.38. The molecule has 2 heterocycles. The first-order valence-electron chi connectivity index (χ1n) is 24.5. The Morgan fingerprint density at radius 3 is 2.47 bits per heavy atom. The summed E-state index contributed by atoms with van der Waals surface area (Å²) in [6.45, 7) is 4.78. The van der Waals surface area contributed by atoms with E-state index in [0.717, 1.165) is 42.4 Å². The summed E-state index contributed by atoms with van der Waals surface area (Å²) in [5.41, 5.74) is 3.54. The van der Waals surface area contributed by atoms with Crippen LogP contribution in [0.2, 0.25) is 0 Å². The Kier molecular flexibility index (Phi) is 19.1. The van der Waals surface area contributed by atoms with E-state index in [-0.39, 0.29) is 76.7 Å². The number of aliphatic hydroxyl groups is 3. The second-order valence-corrected chi connectivity index (χ2v) is 18.0. The van der Waals surface area contributed by atoms with Crippen LogP contribution in [0, 0.1) is 27.9 Å². The minimum absolute atomic E-state index is 0.0154. The van der Waals surface area contributed by atoms with Gasteiger partial charge in [0, 0.05) is 68.8 Å². The summed E-state index contributed by atoms with van der Waals surface area (Å²) in [7, 11) is 0. The predicted molar refractivity (Wildman–Crippen MR) is 261 cm³/mol. The molecule has 1 saturated heterocycles. The van der Waals surface area contributed by atoms with E-state index in [1.54, 1.807) is 41.3 Å². The van der Waals surface area contributed by atoms with Crippen LogP contribution < -0.4 is 14.8 Å². The number of unbranched alkanes of at least 4 members (excludes halogenated alkanes) is 2. The normalized spacial score (nSPS) is 24.2.